The van der Waals surface area contributed by atoms with Gasteiger partial charge in [0.2, 0.25) is 5.78 Å². The number of benzene rings is 2. The number of hydrogen-bond donors (Lipinski definition) is 1. The van der Waals surface area contributed by atoms with Crippen molar-refractivity contribution in [1.29, 1.82) is 0 Å². The number of Topliss-reactive ketones (excluding diaryl/α,β-unsaturated/α-hetero) is 1. The Bertz CT molecular complexity index is 895. The molecule has 0 bridgehead atoms. The third kappa shape index (κ3) is 6.34. The van der Waals surface area contributed by atoms with Gasteiger partial charge in [0.1, 0.15) is 0 Å². The molecule has 1 N–H and O–H groups in total. The van der Waals surface area contributed by atoms with Crippen molar-refractivity contribution in [3.63, 3.8) is 0 Å². The number of carbonyl (C=O) groups excluding carboxylic acids is 1. The van der Waals surface area contributed by atoms with E-state index in [-0.39, 0.29) is 17.5 Å². The minimum Gasteiger partial charge on any atom is -0.504 e. The molecule has 0 radical (unpaired) electrons. The van der Waals surface area contributed by atoms with Gasteiger partial charge in [-0.3, -0.25) is 4.79 Å². The van der Waals surface area contributed by atoms with Gasteiger partial charge in [-0.05, 0) is 65.3 Å². The molecule has 0 aliphatic carbocycles. The number of ketones is 1. The Morgan fingerprint density at radius 2 is 1.31 bits per heavy atom. The van der Waals surface area contributed by atoms with Gasteiger partial charge < -0.3 is 5.11 Å². The Kier molecular flexibility index (Phi) is 10.2. The molecule has 2 aromatic carbocycles. The predicted octanol–water partition coefficient (Wildman–Crippen LogP) is 9.18. The lowest BCUT2D eigenvalue weighted by Gasteiger charge is -2.29. The summed E-state index contributed by atoms with van der Waals surface area (Å²) in [5, 5.41) is 10.8. The molecule has 2 nitrogen and oxygen atoms in total. The van der Waals surface area contributed by atoms with Gasteiger partial charge in [0.05, 0.1) is 0 Å². The van der Waals surface area contributed by atoms with E-state index in [1.54, 1.807) is 6.08 Å². The van der Waals surface area contributed by atoms with Crippen LogP contribution in [0.4, 0.5) is 0 Å². The van der Waals surface area contributed by atoms with E-state index in [4.69, 9.17) is 0 Å². The van der Waals surface area contributed by atoms with E-state index < -0.39 is 0 Å². The molecule has 2 rings (SSSR count). The molecule has 0 saturated carbocycles. The van der Waals surface area contributed by atoms with Crippen molar-refractivity contribution in [3.8, 4) is 0 Å². The summed E-state index contributed by atoms with van der Waals surface area (Å²) in [4.78, 5) is 13.5. The first-order chi connectivity index (χ1) is 15.3. The van der Waals surface area contributed by atoms with Crippen LogP contribution in [0, 0.1) is 0 Å². The van der Waals surface area contributed by atoms with E-state index in [9.17, 15) is 9.90 Å². The van der Waals surface area contributed by atoms with Crippen LogP contribution in [0.15, 0.2) is 48.2 Å². The first-order valence-electron chi connectivity index (χ1n) is 12.5. The highest BCUT2D eigenvalue weighted by molar-refractivity contribution is 6.10. The minimum absolute atomic E-state index is 0.190. The van der Waals surface area contributed by atoms with E-state index in [2.05, 4.69) is 47.6 Å². The van der Waals surface area contributed by atoms with Gasteiger partial charge in [-0.2, -0.15) is 0 Å². The van der Waals surface area contributed by atoms with Crippen LogP contribution in [0.25, 0.3) is 6.08 Å². The molecule has 0 heterocycles. The Labute approximate surface area is 195 Å². The van der Waals surface area contributed by atoms with Crippen LogP contribution in [-0.2, 0) is 0 Å². The number of aliphatic hydroxyl groups is 1. The Balaban J connectivity index is 2.69. The van der Waals surface area contributed by atoms with E-state index in [0.29, 0.717) is 17.4 Å². The third-order valence-corrected chi connectivity index (χ3v) is 6.58. The van der Waals surface area contributed by atoms with Gasteiger partial charge in [-0.15, -0.1) is 0 Å². The molecule has 174 valence electrons. The van der Waals surface area contributed by atoms with Gasteiger partial charge in [0, 0.05) is 5.56 Å². The average Bonchev–Trinajstić information content (AvgIpc) is 2.78. The van der Waals surface area contributed by atoms with Crippen LogP contribution in [0.3, 0.4) is 0 Å². The number of aliphatic hydroxyl groups excluding tert-OH is 1. The zero-order chi connectivity index (χ0) is 23.7. The van der Waals surface area contributed by atoms with Crippen LogP contribution >= 0.6 is 0 Å². The first kappa shape index (κ1) is 25.9. The highest BCUT2D eigenvalue weighted by atomic mass is 16.3. The summed E-state index contributed by atoms with van der Waals surface area (Å²) < 4.78 is 0. The van der Waals surface area contributed by atoms with E-state index in [0.717, 1.165) is 49.7 Å². The zero-order valence-corrected chi connectivity index (χ0v) is 20.9. The van der Waals surface area contributed by atoms with E-state index >= 15 is 0 Å². The topological polar surface area (TPSA) is 37.3 Å². The van der Waals surface area contributed by atoms with Crippen molar-refractivity contribution in [2.24, 2.45) is 0 Å². The zero-order valence-electron chi connectivity index (χ0n) is 20.9. The molecule has 3 unspecified atom stereocenters. The van der Waals surface area contributed by atoms with Gasteiger partial charge >= 0.3 is 0 Å². The molecule has 0 aliphatic rings. The summed E-state index contributed by atoms with van der Waals surface area (Å²) in [5.74, 6) is 0.652. The predicted molar refractivity (Wildman–Crippen MR) is 138 cm³/mol. The molecule has 3 atom stereocenters. The second kappa shape index (κ2) is 12.6. The summed E-state index contributed by atoms with van der Waals surface area (Å²) >= 11 is 0. The van der Waals surface area contributed by atoms with Crippen molar-refractivity contribution in [3.05, 3.63) is 76.0 Å². The molecule has 0 aromatic heterocycles. The Morgan fingerprint density at radius 3 is 1.88 bits per heavy atom. The smallest absolute Gasteiger partial charge is 0.227 e. The highest BCUT2D eigenvalue weighted by Crippen LogP contribution is 2.40. The van der Waals surface area contributed by atoms with Crippen LogP contribution in [0.1, 0.15) is 130 Å². The van der Waals surface area contributed by atoms with Crippen molar-refractivity contribution in [1.82, 2.24) is 0 Å². The summed E-state index contributed by atoms with van der Waals surface area (Å²) in [6.07, 6.45) is 8.17. The minimum atomic E-state index is -0.272. The van der Waals surface area contributed by atoms with Crippen molar-refractivity contribution in [2.75, 3.05) is 0 Å². The lowest BCUT2D eigenvalue weighted by molar-refractivity contribution is 0.0978. The maximum Gasteiger partial charge on any atom is 0.227 e. The normalized spacial score (nSPS) is 14.8. The lowest BCUT2D eigenvalue weighted by atomic mass is 9.76. The van der Waals surface area contributed by atoms with Crippen LogP contribution < -0.4 is 0 Å². The molecule has 2 aromatic rings. The quantitative estimate of drug-likeness (QED) is 0.205. The Morgan fingerprint density at radius 1 is 0.781 bits per heavy atom. The molecule has 32 heavy (non-hydrogen) atoms. The standard InChI is InChI=1S/C30H42O2/c1-7-13-21(4)25-18-19-26(30(32)27(31)20-24-16-11-10-12-17-24)29(23(6)15-9-3)28(25)22(5)14-8-2/h10-12,16-23,31H,7-9,13-15H2,1-6H3. The molecule has 0 amide bonds. The molecule has 0 saturated heterocycles. The average molecular weight is 435 g/mol. The van der Waals surface area contributed by atoms with Gasteiger partial charge in [0.15, 0.2) is 5.76 Å². The SMILES string of the molecule is CCCC(C)c1ccc(C(=O)C(O)=Cc2ccccc2)c(C(C)CCC)c1C(C)CCC. The molecule has 2 heteroatoms. The number of rotatable bonds is 12. The first-order valence-corrected chi connectivity index (χ1v) is 12.5. The number of allylic oxidation sites excluding steroid dienone is 1. The van der Waals surface area contributed by atoms with E-state index in [1.165, 1.54) is 11.1 Å². The van der Waals surface area contributed by atoms with Gasteiger partial charge in [-0.1, -0.05) is 103 Å². The molecule has 0 spiro atoms. The summed E-state index contributed by atoms with van der Waals surface area (Å²) in [7, 11) is 0. The maximum absolute atomic E-state index is 13.5. The molecular formula is C30H42O2. The highest BCUT2D eigenvalue weighted by Gasteiger charge is 2.27. The second-order valence-corrected chi connectivity index (χ2v) is 9.37. The number of carbonyl (C=O) groups is 1. The largest absolute Gasteiger partial charge is 0.504 e. The monoisotopic (exact) mass is 434 g/mol. The second-order valence-electron chi connectivity index (χ2n) is 9.37. The van der Waals surface area contributed by atoms with Gasteiger partial charge in [-0.25, -0.2) is 0 Å². The maximum atomic E-state index is 13.5. The van der Waals surface area contributed by atoms with E-state index in [1.807, 2.05) is 36.4 Å². The fraction of sp³-hybridized carbons (Fsp3) is 0.500. The molecular weight excluding hydrogens is 392 g/mol. The van der Waals surface area contributed by atoms with Crippen molar-refractivity contribution in [2.45, 2.75) is 97.8 Å². The van der Waals surface area contributed by atoms with Crippen LogP contribution in [0.5, 0.6) is 0 Å². The van der Waals surface area contributed by atoms with Crippen molar-refractivity contribution < 1.29 is 9.90 Å². The van der Waals surface area contributed by atoms with Crippen LogP contribution in [0.2, 0.25) is 0 Å². The summed E-state index contributed by atoms with van der Waals surface area (Å²) in [6.45, 7) is 13.5. The molecule has 0 aliphatic heterocycles. The van der Waals surface area contributed by atoms with Gasteiger partial charge in [0.25, 0.3) is 0 Å². The molecule has 0 fully saturated rings. The summed E-state index contributed by atoms with van der Waals surface area (Å²) in [5.41, 5.74) is 5.39. The fourth-order valence-corrected chi connectivity index (χ4v) is 5.02. The van der Waals surface area contributed by atoms with Crippen molar-refractivity contribution >= 4 is 11.9 Å². The fourth-order valence-electron chi connectivity index (χ4n) is 5.02. The number of hydrogen-bond acceptors (Lipinski definition) is 2. The van der Waals surface area contributed by atoms with Crippen LogP contribution in [-0.4, -0.2) is 10.9 Å². The lowest BCUT2D eigenvalue weighted by Crippen LogP contribution is -2.16. The Hall–Kier alpha value is -2.35. The summed E-state index contributed by atoms with van der Waals surface area (Å²) in [6, 6.07) is 13.7. The third-order valence-electron chi connectivity index (χ3n) is 6.58.